The van der Waals surface area contributed by atoms with Crippen LogP contribution in [0.2, 0.25) is 10.0 Å². The molecular weight excluding hydrogens is 357 g/mol. The molecule has 122 valence electrons. The molecule has 2 heterocycles. The minimum Gasteiger partial charge on any atom is -0.378 e. The van der Waals surface area contributed by atoms with Gasteiger partial charge >= 0.3 is 0 Å². The number of thioether (sulfide) groups is 1. The van der Waals surface area contributed by atoms with E-state index in [9.17, 15) is 4.79 Å². The highest BCUT2D eigenvalue weighted by Crippen LogP contribution is 2.36. The highest BCUT2D eigenvalue weighted by atomic mass is 35.5. The zero-order valence-corrected chi connectivity index (χ0v) is 14.5. The maximum Gasteiger partial charge on any atom is 0.179 e. The van der Waals surface area contributed by atoms with Gasteiger partial charge in [-0.1, -0.05) is 41.0 Å². The first-order valence-electron chi connectivity index (χ1n) is 7.11. The van der Waals surface area contributed by atoms with E-state index in [-0.39, 0.29) is 11.6 Å². The zero-order chi connectivity index (χ0) is 16.4. The second kappa shape index (κ2) is 7.13. The first-order valence-corrected chi connectivity index (χ1v) is 8.85. The predicted molar refractivity (Wildman–Crippen MR) is 94.7 cm³/mol. The summed E-state index contributed by atoms with van der Waals surface area (Å²) in [7, 11) is 0. The van der Waals surface area contributed by atoms with Crippen LogP contribution in [-0.4, -0.2) is 48.6 Å². The summed E-state index contributed by atoms with van der Waals surface area (Å²) in [5, 5.41) is 13.0. The number of Topliss-reactive ketones (excluding diaryl/α,β-unsaturated/α-hetero) is 1. The summed E-state index contributed by atoms with van der Waals surface area (Å²) in [5.74, 6) is 0.513. The largest absolute Gasteiger partial charge is 0.378 e. The summed E-state index contributed by atoms with van der Waals surface area (Å²) in [6, 6.07) is 5.28. The molecule has 8 heteroatoms. The third kappa shape index (κ3) is 3.50. The number of rotatable bonds is 3. The van der Waals surface area contributed by atoms with Crippen LogP contribution in [-0.2, 0) is 9.53 Å². The Kier molecular flexibility index (Phi) is 5.16. The van der Waals surface area contributed by atoms with Gasteiger partial charge in [-0.3, -0.25) is 10.2 Å². The van der Waals surface area contributed by atoms with E-state index in [0.717, 1.165) is 0 Å². The molecule has 0 aliphatic carbocycles. The van der Waals surface area contributed by atoms with Gasteiger partial charge in [-0.05, 0) is 12.1 Å². The lowest BCUT2D eigenvalue weighted by atomic mass is 10.1. The Labute approximate surface area is 148 Å². The van der Waals surface area contributed by atoms with E-state index in [1.165, 1.54) is 11.8 Å². The molecule has 2 aliphatic rings. The van der Waals surface area contributed by atoms with Gasteiger partial charge in [-0.2, -0.15) is 0 Å². The maximum atomic E-state index is 12.2. The van der Waals surface area contributed by atoms with Crippen LogP contribution in [0, 0.1) is 5.41 Å². The van der Waals surface area contributed by atoms with Crippen molar-refractivity contribution in [3.8, 4) is 0 Å². The number of nitrogens with zero attached hydrogens (tertiary/aromatic N) is 1. The topological polar surface area (TPSA) is 65.4 Å². The monoisotopic (exact) mass is 371 g/mol. The summed E-state index contributed by atoms with van der Waals surface area (Å²) in [5.41, 5.74) is 1.04. The number of ether oxygens (including phenoxy) is 1. The Balaban J connectivity index is 1.88. The van der Waals surface area contributed by atoms with E-state index in [4.69, 9.17) is 33.3 Å². The number of carbonyl (C=O) groups excluding carboxylic acids is 1. The second-order valence-corrected chi connectivity index (χ2v) is 6.86. The number of amidine groups is 1. The third-order valence-electron chi connectivity index (χ3n) is 3.62. The normalized spacial score (nSPS) is 18.5. The van der Waals surface area contributed by atoms with Crippen LogP contribution in [0.25, 0.3) is 0 Å². The van der Waals surface area contributed by atoms with Crippen molar-refractivity contribution in [2.45, 2.75) is 0 Å². The fourth-order valence-electron chi connectivity index (χ4n) is 2.41. The van der Waals surface area contributed by atoms with Gasteiger partial charge in [-0.15, -0.1) is 0 Å². The minimum absolute atomic E-state index is 0.0489. The summed E-state index contributed by atoms with van der Waals surface area (Å²) in [4.78, 5) is 14.1. The Morgan fingerprint density at radius 3 is 2.78 bits per heavy atom. The van der Waals surface area contributed by atoms with Crippen LogP contribution in [0.3, 0.4) is 0 Å². The lowest BCUT2D eigenvalue weighted by Crippen LogP contribution is -2.42. The van der Waals surface area contributed by atoms with Crippen molar-refractivity contribution in [2.75, 3.05) is 37.4 Å². The molecule has 0 amide bonds. The van der Waals surface area contributed by atoms with Crippen molar-refractivity contribution in [1.82, 2.24) is 4.90 Å². The Morgan fingerprint density at radius 1 is 1.30 bits per heavy atom. The molecule has 1 saturated heterocycles. The summed E-state index contributed by atoms with van der Waals surface area (Å²) < 4.78 is 5.30. The first-order chi connectivity index (χ1) is 11.1. The first kappa shape index (κ1) is 16.6. The Bertz CT molecular complexity index is 687. The van der Waals surface area contributed by atoms with Gasteiger partial charge in [0, 0.05) is 13.1 Å². The van der Waals surface area contributed by atoms with Crippen molar-refractivity contribution < 1.29 is 9.53 Å². The lowest BCUT2D eigenvalue weighted by molar-refractivity contribution is -0.112. The second-order valence-electron chi connectivity index (χ2n) is 5.09. The number of benzene rings is 1. The number of anilines is 1. The highest BCUT2D eigenvalue weighted by Gasteiger charge is 2.31. The van der Waals surface area contributed by atoms with E-state index in [1.54, 1.807) is 18.2 Å². The SMILES string of the molecule is N=C(C1=C(Nc2cccc(Cl)c2Cl)SCC1=O)N1CCOCC1. The summed E-state index contributed by atoms with van der Waals surface area (Å²) >= 11 is 13.6. The molecule has 1 fully saturated rings. The van der Waals surface area contributed by atoms with E-state index in [0.29, 0.717) is 58.4 Å². The van der Waals surface area contributed by atoms with E-state index in [2.05, 4.69) is 5.32 Å². The average molecular weight is 372 g/mol. The highest BCUT2D eigenvalue weighted by molar-refractivity contribution is 8.04. The number of ketones is 1. The van der Waals surface area contributed by atoms with Gasteiger partial charge in [0.15, 0.2) is 5.78 Å². The molecule has 0 bridgehead atoms. The summed E-state index contributed by atoms with van der Waals surface area (Å²) in [6.45, 7) is 2.37. The van der Waals surface area contributed by atoms with E-state index < -0.39 is 0 Å². The molecule has 0 atom stereocenters. The number of hydrogen-bond donors (Lipinski definition) is 2. The third-order valence-corrected chi connectivity index (χ3v) is 5.44. The molecule has 1 aromatic carbocycles. The van der Waals surface area contributed by atoms with Gasteiger partial charge in [0.1, 0.15) is 5.84 Å². The quantitative estimate of drug-likeness (QED) is 0.630. The Hall–Kier alpha value is -1.21. The van der Waals surface area contributed by atoms with Crippen molar-refractivity contribution >= 4 is 52.3 Å². The Morgan fingerprint density at radius 2 is 2.04 bits per heavy atom. The maximum absolute atomic E-state index is 12.2. The van der Waals surface area contributed by atoms with Gasteiger partial charge in [0.05, 0.1) is 45.3 Å². The molecule has 5 nitrogen and oxygen atoms in total. The standard InChI is InChI=1S/C15H15Cl2N3O2S/c16-9-2-1-3-10(13(9)17)19-15-12(11(21)8-23-15)14(18)20-4-6-22-7-5-20/h1-3,18-19H,4-8H2. The molecule has 0 spiro atoms. The molecular formula is C15H15Cl2N3O2S. The van der Waals surface area contributed by atoms with Gasteiger partial charge in [0.2, 0.25) is 0 Å². The minimum atomic E-state index is -0.0489. The van der Waals surface area contributed by atoms with Crippen molar-refractivity contribution in [3.63, 3.8) is 0 Å². The molecule has 0 aromatic heterocycles. The molecule has 1 aromatic rings. The van der Waals surface area contributed by atoms with Crippen LogP contribution in [0.4, 0.5) is 5.69 Å². The molecule has 0 unspecified atom stereocenters. The van der Waals surface area contributed by atoms with Gasteiger partial charge in [-0.25, -0.2) is 0 Å². The van der Waals surface area contributed by atoms with Crippen LogP contribution >= 0.6 is 35.0 Å². The number of hydrogen-bond acceptors (Lipinski definition) is 5. The van der Waals surface area contributed by atoms with E-state index >= 15 is 0 Å². The molecule has 23 heavy (non-hydrogen) atoms. The van der Waals surface area contributed by atoms with Crippen molar-refractivity contribution in [2.24, 2.45) is 0 Å². The fourth-order valence-corrected chi connectivity index (χ4v) is 3.72. The molecule has 2 N–H and O–H groups in total. The van der Waals surface area contributed by atoms with Crippen LogP contribution < -0.4 is 5.32 Å². The smallest absolute Gasteiger partial charge is 0.179 e. The predicted octanol–water partition coefficient (Wildman–Crippen LogP) is 3.24. The van der Waals surface area contributed by atoms with Crippen LogP contribution in [0.15, 0.2) is 28.8 Å². The lowest BCUT2D eigenvalue weighted by Gasteiger charge is -2.29. The van der Waals surface area contributed by atoms with Crippen molar-refractivity contribution in [3.05, 3.63) is 38.8 Å². The molecule has 3 rings (SSSR count). The number of morpholine rings is 1. The van der Waals surface area contributed by atoms with E-state index in [1.807, 2.05) is 4.90 Å². The average Bonchev–Trinajstić information content (AvgIpc) is 2.92. The van der Waals surface area contributed by atoms with Crippen molar-refractivity contribution in [1.29, 1.82) is 5.41 Å². The van der Waals surface area contributed by atoms with Crippen LogP contribution in [0.1, 0.15) is 0 Å². The molecule has 0 radical (unpaired) electrons. The molecule has 0 saturated carbocycles. The van der Waals surface area contributed by atoms with Gasteiger partial charge in [0.25, 0.3) is 0 Å². The summed E-state index contributed by atoms with van der Waals surface area (Å²) in [6.07, 6.45) is 0. The number of nitrogens with one attached hydrogen (secondary N) is 2. The van der Waals surface area contributed by atoms with Gasteiger partial charge < -0.3 is 15.0 Å². The molecule has 2 aliphatic heterocycles. The number of halogens is 2. The van der Waals surface area contributed by atoms with Crippen LogP contribution in [0.5, 0.6) is 0 Å². The fraction of sp³-hybridized carbons (Fsp3) is 0.333. The number of carbonyl (C=O) groups is 1. The zero-order valence-electron chi connectivity index (χ0n) is 12.2.